The zero-order valence-electron chi connectivity index (χ0n) is 12.3. The average Bonchev–Trinajstić information content (AvgIpc) is 2.14. The minimum atomic E-state index is 0.374. The van der Waals surface area contributed by atoms with Gasteiger partial charge in [0, 0.05) is 11.1 Å². The SMILES string of the molecule is CCCCCC1CC(C)(C)N(C)C(C)(C)C1. The second kappa shape index (κ2) is 5.08. The van der Waals surface area contributed by atoms with Crippen molar-refractivity contribution in [3.8, 4) is 0 Å². The minimum absolute atomic E-state index is 0.374. The van der Waals surface area contributed by atoms with E-state index in [4.69, 9.17) is 0 Å². The molecular formula is C15H31N. The highest BCUT2D eigenvalue weighted by atomic mass is 15.2. The second-order valence-electron chi connectivity index (χ2n) is 6.95. The van der Waals surface area contributed by atoms with Crippen LogP contribution in [0.2, 0.25) is 0 Å². The molecule has 1 heterocycles. The maximum atomic E-state index is 2.58. The van der Waals surface area contributed by atoms with E-state index in [0.29, 0.717) is 11.1 Å². The van der Waals surface area contributed by atoms with Crippen molar-refractivity contribution >= 4 is 0 Å². The molecule has 1 aliphatic heterocycles. The number of likely N-dealkylation sites (tertiary alicyclic amines) is 1. The Labute approximate surface area is 103 Å². The summed E-state index contributed by atoms with van der Waals surface area (Å²) in [5.74, 6) is 0.938. The molecule has 1 rings (SSSR count). The Kier molecular flexibility index (Phi) is 4.45. The molecule has 0 unspecified atom stereocenters. The van der Waals surface area contributed by atoms with Gasteiger partial charge >= 0.3 is 0 Å². The van der Waals surface area contributed by atoms with E-state index < -0.39 is 0 Å². The third-order valence-corrected chi connectivity index (χ3v) is 4.61. The zero-order chi connectivity index (χ0) is 12.4. The Morgan fingerprint density at radius 3 is 1.94 bits per heavy atom. The van der Waals surface area contributed by atoms with Gasteiger partial charge in [0.25, 0.3) is 0 Å². The maximum absolute atomic E-state index is 2.58. The van der Waals surface area contributed by atoms with Crippen molar-refractivity contribution in [2.24, 2.45) is 5.92 Å². The van der Waals surface area contributed by atoms with E-state index in [1.807, 2.05) is 0 Å². The molecule has 0 bridgehead atoms. The molecule has 0 aromatic rings. The summed E-state index contributed by atoms with van der Waals surface area (Å²) < 4.78 is 0. The Morgan fingerprint density at radius 1 is 1.00 bits per heavy atom. The molecule has 0 spiro atoms. The van der Waals surface area contributed by atoms with Crippen LogP contribution in [0.15, 0.2) is 0 Å². The third-order valence-electron chi connectivity index (χ3n) is 4.61. The van der Waals surface area contributed by atoms with E-state index >= 15 is 0 Å². The largest absolute Gasteiger partial charge is 0.296 e. The lowest BCUT2D eigenvalue weighted by molar-refractivity contribution is -0.0321. The fourth-order valence-electron chi connectivity index (χ4n) is 3.47. The first kappa shape index (κ1) is 14.0. The van der Waals surface area contributed by atoms with E-state index in [0.717, 1.165) is 5.92 Å². The van der Waals surface area contributed by atoms with Gasteiger partial charge in [-0.05, 0) is 53.5 Å². The normalized spacial score (nSPS) is 25.9. The number of nitrogens with zero attached hydrogens (tertiary/aromatic N) is 1. The molecule has 1 aliphatic rings. The van der Waals surface area contributed by atoms with Crippen molar-refractivity contribution in [1.29, 1.82) is 0 Å². The molecular weight excluding hydrogens is 194 g/mol. The molecule has 0 atom stereocenters. The molecule has 0 aromatic carbocycles. The van der Waals surface area contributed by atoms with Gasteiger partial charge < -0.3 is 0 Å². The smallest absolute Gasteiger partial charge is 0.0158 e. The number of hydrogen-bond donors (Lipinski definition) is 0. The standard InChI is InChI=1S/C15H31N/c1-7-8-9-10-13-11-14(2,3)16(6)15(4,5)12-13/h13H,7-12H2,1-6H3. The third kappa shape index (κ3) is 3.23. The first-order valence-electron chi connectivity index (χ1n) is 7.03. The van der Waals surface area contributed by atoms with Crippen LogP contribution in [-0.4, -0.2) is 23.0 Å². The Hall–Kier alpha value is -0.0400. The molecule has 1 nitrogen and oxygen atoms in total. The fraction of sp³-hybridized carbons (Fsp3) is 1.00. The predicted octanol–water partition coefficient (Wildman–Crippen LogP) is 4.47. The van der Waals surface area contributed by atoms with Crippen molar-refractivity contribution < 1.29 is 0 Å². The summed E-state index contributed by atoms with van der Waals surface area (Å²) in [6.07, 6.45) is 8.37. The van der Waals surface area contributed by atoms with Crippen LogP contribution in [0, 0.1) is 5.92 Å². The number of piperidine rings is 1. The Bertz CT molecular complexity index is 199. The van der Waals surface area contributed by atoms with Crippen LogP contribution in [0.4, 0.5) is 0 Å². The highest BCUT2D eigenvalue weighted by molar-refractivity contribution is 4.98. The van der Waals surface area contributed by atoms with Gasteiger partial charge in [-0.2, -0.15) is 0 Å². The molecule has 0 N–H and O–H groups in total. The van der Waals surface area contributed by atoms with Crippen molar-refractivity contribution in [2.45, 2.75) is 84.2 Å². The van der Waals surface area contributed by atoms with Crippen molar-refractivity contribution in [3.63, 3.8) is 0 Å². The molecule has 0 aliphatic carbocycles. The molecule has 1 fully saturated rings. The molecule has 16 heavy (non-hydrogen) atoms. The fourth-order valence-corrected chi connectivity index (χ4v) is 3.47. The van der Waals surface area contributed by atoms with Gasteiger partial charge in [0.05, 0.1) is 0 Å². The van der Waals surface area contributed by atoms with E-state index in [1.54, 1.807) is 0 Å². The van der Waals surface area contributed by atoms with Gasteiger partial charge in [0.2, 0.25) is 0 Å². The number of unbranched alkanes of at least 4 members (excludes halogenated alkanes) is 2. The highest BCUT2D eigenvalue weighted by Gasteiger charge is 2.42. The lowest BCUT2D eigenvalue weighted by Crippen LogP contribution is -2.58. The van der Waals surface area contributed by atoms with Gasteiger partial charge in [-0.25, -0.2) is 0 Å². The topological polar surface area (TPSA) is 3.24 Å². The zero-order valence-corrected chi connectivity index (χ0v) is 12.3. The van der Waals surface area contributed by atoms with E-state index in [-0.39, 0.29) is 0 Å². The summed E-state index contributed by atoms with van der Waals surface area (Å²) in [5, 5.41) is 0. The minimum Gasteiger partial charge on any atom is -0.296 e. The summed E-state index contributed by atoms with van der Waals surface area (Å²) in [4.78, 5) is 2.58. The highest BCUT2D eigenvalue weighted by Crippen LogP contribution is 2.41. The van der Waals surface area contributed by atoms with Gasteiger partial charge in [-0.3, -0.25) is 4.90 Å². The van der Waals surface area contributed by atoms with Crippen molar-refractivity contribution in [1.82, 2.24) is 4.90 Å². The lowest BCUT2D eigenvalue weighted by atomic mass is 9.72. The van der Waals surface area contributed by atoms with E-state index in [1.165, 1.54) is 38.5 Å². The number of rotatable bonds is 4. The molecule has 1 saturated heterocycles. The summed E-state index contributed by atoms with van der Waals surface area (Å²) in [7, 11) is 2.29. The van der Waals surface area contributed by atoms with Crippen LogP contribution in [0.3, 0.4) is 0 Å². The quantitative estimate of drug-likeness (QED) is 0.638. The molecule has 0 aromatic heterocycles. The molecule has 1 heteroatoms. The summed E-state index contributed by atoms with van der Waals surface area (Å²) in [6.45, 7) is 11.9. The summed E-state index contributed by atoms with van der Waals surface area (Å²) in [5.41, 5.74) is 0.747. The van der Waals surface area contributed by atoms with Crippen LogP contribution in [0.5, 0.6) is 0 Å². The van der Waals surface area contributed by atoms with Gasteiger partial charge in [-0.15, -0.1) is 0 Å². The first-order chi connectivity index (χ1) is 7.29. The predicted molar refractivity (Wildman–Crippen MR) is 72.8 cm³/mol. The Balaban J connectivity index is 2.57. The van der Waals surface area contributed by atoms with Crippen LogP contribution in [-0.2, 0) is 0 Å². The number of hydrogen-bond acceptors (Lipinski definition) is 1. The van der Waals surface area contributed by atoms with Gasteiger partial charge in [0.1, 0.15) is 0 Å². The van der Waals surface area contributed by atoms with E-state index in [2.05, 4.69) is 46.6 Å². The van der Waals surface area contributed by atoms with Crippen LogP contribution in [0.25, 0.3) is 0 Å². The summed E-state index contributed by atoms with van der Waals surface area (Å²) >= 11 is 0. The van der Waals surface area contributed by atoms with Crippen LogP contribution in [0.1, 0.15) is 73.1 Å². The summed E-state index contributed by atoms with van der Waals surface area (Å²) in [6, 6.07) is 0. The molecule has 0 radical (unpaired) electrons. The van der Waals surface area contributed by atoms with Crippen LogP contribution >= 0.6 is 0 Å². The monoisotopic (exact) mass is 225 g/mol. The Morgan fingerprint density at radius 2 is 1.50 bits per heavy atom. The lowest BCUT2D eigenvalue weighted by Gasteiger charge is -2.54. The van der Waals surface area contributed by atoms with E-state index in [9.17, 15) is 0 Å². The maximum Gasteiger partial charge on any atom is 0.0158 e. The first-order valence-corrected chi connectivity index (χ1v) is 7.03. The molecule has 96 valence electrons. The van der Waals surface area contributed by atoms with Crippen LogP contribution < -0.4 is 0 Å². The molecule has 0 saturated carbocycles. The van der Waals surface area contributed by atoms with Gasteiger partial charge in [-0.1, -0.05) is 32.6 Å². The van der Waals surface area contributed by atoms with Gasteiger partial charge in [0.15, 0.2) is 0 Å². The van der Waals surface area contributed by atoms with Crippen molar-refractivity contribution in [3.05, 3.63) is 0 Å². The second-order valence-corrected chi connectivity index (χ2v) is 6.95. The van der Waals surface area contributed by atoms with Crippen molar-refractivity contribution in [2.75, 3.05) is 7.05 Å². The molecule has 0 amide bonds. The average molecular weight is 225 g/mol.